The molecule has 4 nitrogen and oxygen atoms in total. The molecule has 2 fully saturated rings. The third-order valence-electron chi connectivity index (χ3n) is 4.72. The molecule has 104 valence electrons. The van der Waals surface area contributed by atoms with Gasteiger partial charge in [-0.3, -0.25) is 4.79 Å². The first kappa shape index (κ1) is 13.8. The number of amides is 1. The molecule has 1 heterocycles. The van der Waals surface area contributed by atoms with Crippen molar-refractivity contribution in [3.05, 3.63) is 0 Å². The van der Waals surface area contributed by atoms with Crippen molar-refractivity contribution < 1.29 is 9.53 Å². The zero-order valence-corrected chi connectivity index (χ0v) is 11.6. The van der Waals surface area contributed by atoms with Gasteiger partial charge in [0.1, 0.15) is 0 Å². The van der Waals surface area contributed by atoms with Crippen LogP contribution in [0.25, 0.3) is 0 Å². The average molecular weight is 254 g/mol. The molecule has 1 amide bonds. The largest absolute Gasteiger partial charge is 0.381 e. The van der Waals surface area contributed by atoms with Crippen molar-refractivity contribution in [3.8, 4) is 0 Å². The molecule has 2 N–H and O–H groups in total. The van der Waals surface area contributed by atoms with Gasteiger partial charge in [-0.25, -0.2) is 0 Å². The maximum Gasteiger partial charge on any atom is 0.226 e. The van der Waals surface area contributed by atoms with Gasteiger partial charge in [-0.2, -0.15) is 0 Å². The summed E-state index contributed by atoms with van der Waals surface area (Å²) in [5.41, 5.74) is 5.81. The maximum atomic E-state index is 12.6. The number of carbonyl (C=O) groups excluding carboxylic acids is 1. The number of carbonyl (C=O) groups is 1. The molecule has 4 atom stereocenters. The van der Waals surface area contributed by atoms with Crippen LogP contribution in [0, 0.1) is 17.8 Å². The standard InChI is InChI=1S/C14H26N2O2/c1-10-9-18-7-6-12(10)14(17)16(2)13-5-3-4-11(13)8-15/h10-13H,3-9,15H2,1-2H3. The summed E-state index contributed by atoms with van der Waals surface area (Å²) in [7, 11) is 1.96. The monoisotopic (exact) mass is 254 g/mol. The normalized spacial score (nSPS) is 36.6. The second kappa shape index (κ2) is 6.02. The molecule has 4 heteroatoms. The fraction of sp³-hybridized carbons (Fsp3) is 0.929. The summed E-state index contributed by atoms with van der Waals surface area (Å²) in [6.45, 7) is 4.26. The zero-order chi connectivity index (χ0) is 13.1. The third-order valence-corrected chi connectivity index (χ3v) is 4.72. The van der Waals surface area contributed by atoms with Crippen LogP contribution in [0.4, 0.5) is 0 Å². The van der Waals surface area contributed by atoms with E-state index in [4.69, 9.17) is 10.5 Å². The van der Waals surface area contributed by atoms with Gasteiger partial charge in [0, 0.05) is 32.2 Å². The summed E-state index contributed by atoms with van der Waals surface area (Å²) < 4.78 is 5.42. The Morgan fingerprint density at radius 2 is 2.17 bits per heavy atom. The summed E-state index contributed by atoms with van der Waals surface area (Å²) in [6, 6.07) is 0.359. The van der Waals surface area contributed by atoms with Crippen LogP contribution in [0.3, 0.4) is 0 Å². The fourth-order valence-corrected chi connectivity index (χ4v) is 3.47. The quantitative estimate of drug-likeness (QED) is 0.824. The smallest absolute Gasteiger partial charge is 0.226 e. The third kappa shape index (κ3) is 2.69. The molecule has 0 spiro atoms. The Morgan fingerprint density at radius 3 is 2.83 bits per heavy atom. The summed E-state index contributed by atoms with van der Waals surface area (Å²) in [6.07, 6.45) is 4.35. The van der Waals surface area contributed by atoms with Crippen LogP contribution in [-0.2, 0) is 9.53 Å². The van der Waals surface area contributed by atoms with Gasteiger partial charge >= 0.3 is 0 Å². The number of rotatable bonds is 3. The Labute approximate surface area is 110 Å². The maximum absolute atomic E-state index is 12.6. The molecule has 2 rings (SSSR count). The first-order valence-corrected chi connectivity index (χ1v) is 7.19. The van der Waals surface area contributed by atoms with Crippen LogP contribution < -0.4 is 5.73 Å². The van der Waals surface area contributed by atoms with E-state index in [0.717, 1.165) is 26.1 Å². The van der Waals surface area contributed by atoms with Crippen molar-refractivity contribution in [2.75, 3.05) is 26.8 Å². The van der Waals surface area contributed by atoms with E-state index < -0.39 is 0 Å². The first-order chi connectivity index (χ1) is 8.65. The highest BCUT2D eigenvalue weighted by Gasteiger charge is 2.36. The van der Waals surface area contributed by atoms with Crippen molar-refractivity contribution in [2.45, 2.75) is 38.6 Å². The molecule has 0 aromatic carbocycles. The van der Waals surface area contributed by atoms with Gasteiger partial charge in [-0.15, -0.1) is 0 Å². The van der Waals surface area contributed by atoms with Crippen molar-refractivity contribution in [1.82, 2.24) is 4.90 Å². The Hall–Kier alpha value is -0.610. The molecule has 1 saturated heterocycles. The summed E-state index contributed by atoms with van der Waals surface area (Å²) >= 11 is 0. The highest BCUT2D eigenvalue weighted by molar-refractivity contribution is 5.79. The van der Waals surface area contributed by atoms with Crippen LogP contribution in [0.2, 0.25) is 0 Å². The number of nitrogens with zero attached hydrogens (tertiary/aromatic N) is 1. The van der Waals surface area contributed by atoms with Crippen LogP contribution >= 0.6 is 0 Å². The predicted molar refractivity (Wildman–Crippen MR) is 71.0 cm³/mol. The molecule has 0 aromatic heterocycles. The van der Waals surface area contributed by atoms with E-state index >= 15 is 0 Å². The Bertz CT molecular complexity index is 296. The van der Waals surface area contributed by atoms with E-state index in [2.05, 4.69) is 6.92 Å². The molecule has 0 radical (unpaired) electrons. The van der Waals surface area contributed by atoms with Crippen LogP contribution in [0.15, 0.2) is 0 Å². The molecule has 1 saturated carbocycles. The van der Waals surface area contributed by atoms with Crippen molar-refractivity contribution in [3.63, 3.8) is 0 Å². The molecule has 18 heavy (non-hydrogen) atoms. The van der Waals surface area contributed by atoms with E-state index in [1.807, 2.05) is 11.9 Å². The minimum absolute atomic E-state index is 0.141. The fourth-order valence-electron chi connectivity index (χ4n) is 3.47. The van der Waals surface area contributed by atoms with Crippen LogP contribution in [0.1, 0.15) is 32.6 Å². The lowest BCUT2D eigenvalue weighted by molar-refractivity contribution is -0.142. The van der Waals surface area contributed by atoms with E-state index in [1.54, 1.807) is 0 Å². The number of hydrogen-bond donors (Lipinski definition) is 1. The second-order valence-corrected chi connectivity index (χ2v) is 5.89. The molecule has 4 unspecified atom stereocenters. The molecule has 2 aliphatic rings. The predicted octanol–water partition coefficient (Wildman–Crippen LogP) is 1.24. The molecule has 0 aromatic rings. The molecular weight excluding hydrogens is 228 g/mol. The summed E-state index contributed by atoms with van der Waals surface area (Å²) in [5, 5.41) is 0. The van der Waals surface area contributed by atoms with E-state index in [-0.39, 0.29) is 5.92 Å². The number of hydrogen-bond acceptors (Lipinski definition) is 3. The lowest BCUT2D eigenvalue weighted by Crippen LogP contribution is -2.47. The zero-order valence-electron chi connectivity index (χ0n) is 11.6. The van der Waals surface area contributed by atoms with Gasteiger partial charge in [-0.05, 0) is 37.6 Å². The van der Waals surface area contributed by atoms with Gasteiger partial charge in [-0.1, -0.05) is 13.3 Å². The lowest BCUT2D eigenvalue weighted by Gasteiger charge is -2.35. The SMILES string of the molecule is CC1COCCC1C(=O)N(C)C1CCCC1CN. The highest BCUT2D eigenvalue weighted by atomic mass is 16.5. The Morgan fingerprint density at radius 1 is 1.39 bits per heavy atom. The number of ether oxygens (including phenoxy) is 1. The van der Waals surface area contributed by atoms with Crippen molar-refractivity contribution in [2.24, 2.45) is 23.5 Å². The Kier molecular flexibility index (Phi) is 4.62. The minimum atomic E-state index is 0.141. The van der Waals surface area contributed by atoms with Crippen LogP contribution in [0.5, 0.6) is 0 Å². The van der Waals surface area contributed by atoms with Gasteiger partial charge < -0.3 is 15.4 Å². The van der Waals surface area contributed by atoms with Gasteiger partial charge in [0.25, 0.3) is 0 Å². The van der Waals surface area contributed by atoms with E-state index in [0.29, 0.717) is 30.3 Å². The molecular formula is C14H26N2O2. The molecule has 1 aliphatic carbocycles. The van der Waals surface area contributed by atoms with E-state index in [9.17, 15) is 4.79 Å². The Balaban J connectivity index is 1.99. The summed E-state index contributed by atoms with van der Waals surface area (Å²) in [4.78, 5) is 14.6. The first-order valence-electron chi connectivity index (χ1n) is 7.19. The van der Waals surface area contributed by atoms with Crippen LogP contribution in [-0.4, -0.2) is 43.7 Å². The van der Waals surface area contributed by atoms with Gasteiger partial charge in [0.15, 0.2) is 0 Å². The minimum Gasteiger partial charge on any atom is -0.381 e. The molecule has 1 aliphatic heterocycles. The topological polar surface area (TPSA) is 55.6 Å². The highest BCUT2D eigenvalue weighted by Crippen LogP contribution is 2.31. The van der Waals surface area contributed by atoms with Crippen molar-refractivity contribution in [1.29, 1.82) is 0 Å². The van der Waals surface area contributed by atoms with Gasteiger partial charge in [0.05, 0.1) is 0 Å². The number of nitrogens with two attached hydrogens (primary N) is 1. The second-order valence-electron chi connectivity index (χ2n) is 5.89. The molecule has 0 bridgehead atoms. The van der Waals surface area contributed by atoms with E-state index in [1.165, 1.54) is 12.8 Å². The lowest BCUT2D eigenvalue weighted by atomic mass is 9.88. The van der Waals surface area contributed by atoms with Crippen molar-refractivity contribution >= 4 is 5.91 Å². The summed E-state index contributed by atoms with van der Waals surface area (Å²) in [5.74, 6) is 1.28. The average Bonchev–Trinajstić information content (AvgIpc) is 2.86. The van der Waals surface area contributed by atoms with Gasteiger partial charge in [0.2, 0.25) is 5.91 Å².